The van der Waals surface area contributed by atoms with Gasteiger partial charge >= 0.3 is 120 Å². The first-order chi connectivity index (χ1) is 12.4. The molecule has 0 heterocycles. The summed E-state index contributed by atoms with van der Waals surface area (Å²) < 4.78 is 2.58. The second kappa shape index (κ2) is 15.6. The van der Waals surface area contributed by atoms with Crippen LogP contribution in [0.2, 0.25) is 5.02 Å². The summed E-state index contributed by atoms with van der Waals surface area (Å²) in [4.78, 5) is 27.0. The quantitative estimate of drug-likeness (QED) is 0.404. The van der Waals surface area contributed by atoms with E-state index in [1.54, 1.807) is 0 Å². The number of halogens is 2. The van der Waals surface area contributed by atoms with Gasteiger partial charge in [-0.2, -0.15) is 0 Å². The van der Waals surface area contributed by atoms with E-state index < -0.39 is 17.9 Å². The maximum atomic E-state index is 9.00. The van der Waals surface area contributed by atoms with E-state index in [0.717, 1.165) is 51.6 Å². The average Bonchev–Trinajstić information content (AvgIpc) is 2.49. The van der Waals surface area contributed by atoms with Crippen LogP contribution in [0.25, 0.3) is 11.1 Å². The molecule has 0 atom stereocenters. The summed E-state index contributed by atoms with van der Waals surface area (Å²) in [6.07, 6.45) is 0. The van der Waals surface area contributed by atoms with Crippen LogP contribution in [0, 0.1) is 0 Å². The van der Waals surface area contributed by atoms with E-state index in [4.69, 9.17) is 41.3 Å². The molecule has 0 unspecified atom stereocenters. The van der Waals surface area contributed by atoms with Crippen molar-refractivity contribution in [3.63, 3.8) is 0 Å². The van der Waals surface area contributed by atoms with E-state index in [1.165, 1.54) is 18.7 Å². The van der Waals surface area contributed by atoms with Gasteiger partial charge < -0.3 is 15.3 Å². The fraction of sp³-hybridized carbons (Fsp3) is 0.167. The molecule has 2 aromatic rings. The van der Waals surface area contributed by atoms with Crippen molar-refractivity contribution in [2.75, 3.05) is 0 Å². The first kappa shape index (κ1) is 27.8. The second-order valence-corrected chi connectivity index (χ2v) is 8.14. The minimum atomic E-state index is -0.833. The molecule has 0 fully saturated rings. The zero-order chi connectivity index (χ0) is 21.6. The molecule has 0 saturated carbocycles. The average molecular weight is 654 g/mol. The van der Waals surface area contributed by atoms with Gasteiger partial charge in [-0.05, 0) is 0 Å². The Labute approximate surface area is 187 Å². The van der Waals surface area contributed by atoms with Crippen molar-refractivity contribution in [1.82, 2.24) is 0 Å². The first-order valence-corrected chi connectivity index (χ1v) is 10.3. The van der Waals surface area contributed by atoms with Gasteiger partial charge in [-0.15, -0.1) is 0 Å². The maximum absolute atomic E-state index is 9.00. The number of carbonyl (C=O) groups is 3. The van der Waals surface area contributed by atoms with Crippen LogP contribution in [0.5, 0.6) is 0 Å². The number of carboxylic acid groups (broad SMARTS) is 3. The number of hydrogen-bond donors (Lipinski definition) is 3. The molecule has 0 amide bonds. The van der Waals surface area contributed by atoms with E-state index >= 15 is 0 Å². The number of benzene rings is 2. The van der Waals surface area contributed by atoms with Crippen LogP contribution in [0.4, 0.5) is 0 Å². The summed E-state index contributed by atoms with van der Waals surface area (Å²) >= 11 is 10.4. The van der Waals surface area contributed by atoms with Crippen LogP contribution in [0.3, 0.4) is 0 Å². The van der Waals surface area contributed by atoms with Gasteiger partial charge in [-0.3, -0.25) is 14.4 Å². The van der Waals surface area contributed by atoms with Gasteiger partial charge in [0.05, 0.1) is 0 Å². The number of rotatable bonds is 1. The topological polar surface area (TPSA) is 112 Å². The van der Waals surface area contributed by atoms with Crippen LogP contribution in [-0.2, 0) is 14.4 Å². The third-order valence-corrected chi connectivity index (χ3v) is 6.12. The van der Waals surface area contributed by atoms with Gasteiger partial charge in [0.15, 0.2) is 0 Å². The summed E-state index contributed by atoms with van der Waals surface area (Å²) in [5, 5.41) is 23.0. The number of aliphatic carboxylic acids is 3. The zero-order valence-electron chi connectivity index (χ0n) is 14.9. The predicted octanol–water partition coefficient (Wildman–Crippen LogP) is 3.84. The Morgan fingerprint density at radius 2 is 1.15 bits per heavy atom. The van der Waals surface area contributed by atoms with Crippen molar-refractivity contribution in [3.8, 4) is 11.1 Å². The fourth-order valence-electron chi connectivity index (χ4n) is 1.35. The molecule has 145 valence electrons. The Hall–Kier alpha value is -1.46. The summed E-state index contributed by atoms with van der Waals surface area (Å²) in [6, 6.07) is 14.4. The summed E-state index contributed by atoms with van der Waals surface area (Å²) in [7, 11) is 0. The van der Waals surface area contributed by atoms with Crippen molar-refractivity contribution < 1.29 is 29.7 Å². The van der Waals surface area contributed by atoms with Crippen LogP contribution in [0.15, 0.2) is 46.9 Å². The molecule has 6 nitrogen and oxygen atoms in total. The third kappa shape index (κ3) is 19.1. The Morgan fingerprint density at radius 3 is 1.48 bits per heavy atom. The van der Waals surface area contributed by atoms with Gasteiger partial charge in [-0.1, -0.05) is 0 Å². The fourth-order valence-corrected chi connectivity index (χ4v) is 2.65. The summed E-state index contributed by atoms with van der Waals surface area (Å²) in [6.45, 7) is 3.25. The molecule has 0 bridgehead atoms. The van der Waals surface area contributed by atoms with Gasteiger partial charge in [0.1, 0.15) is 0 Å². The second-order valence-electron chi connectivity index (χ2n) is 4.76. The van der Waals surface area contributed by atoms with Crippen LogP contribution >= 0.6 is 27.5 Å². The van der Waals surface area contributed by atoms with Crippen molar-refractivity contribution in [1.29, 1.82) is 0 Å². The number of hydrogen-bond acceptors (Lipinski definition) is 3. The number of carboxylic acids is 3. The SMILES string of the molecule is CC(=O)O.CC(=O)O.CC(=O)O.Clc1ccc(-c2ccc(Br)[c]([Pb])c2)cc1. The predicted molar refractivity (Wildman–Crippen MR) is 110 cm³/mol. The molecule has 2 aromatic carbocycles. The van der Waals surface area contributed by atoms with E-state index in [1.807, 2.05) is 24.3 Å². The summed E-state index contributed by atoms with van der Waals surface area (Å²) in [5.41, 5.74) is 2.46. The van der Waals surface area contributed by atoms with Crippen molar-refractivity contribution >= 4 is 74.3 Å². The Bertz CT molecular complexity index is 709. The molecular formula is C18H19BrClO6Pb. The monoisotopic (exact) mass is 653 g/mol. The molecule has 27 heavy (non-hydrogen) atoms. The molecule has 3 radical (unpaired) electrons. The van der Waals surface area contributed by atoms with Crippen LogP contribution < -0.4 is 3.12 Å². The Kier molecular flexibility index (Phi) is 16.0. The normalized spacial score (nSPS) is 8.52. The molecule has 0 aliphatic carbocycles. The van der Waals surface area contributed by atoms with Crippen molar-refractivity contribution in [2.24, 2.45) is 0 Å². The molecular weight excluding hydrogens is 635 g/mol. The van der Waals surface area contributed by atoms with Crippen LogP contribution in [0.1, 0.15) is 20.8 Å². The van der Waals surface area contributed by atoms with Crippen molar-refractivity contribution in [2.45, 2.75) is 20.8 Å². The van der Waals surface area contributed by atoms with E-state index in [9.17, 15) is 0 Å². The third-order valence-electron chi connectivity index (χ3n) is 2.14. The van der Waals surface area contributed by atoms with Crippen LogP contribution in [-0.4, -0.2) is 59.0 Å². The molecule has 2 rings (SSSR count). The molecule has 9 heteroatoms. The van der Waals surface area contributed by atoms with Gasteiger partial charge in [0.2, 0.25) is 0 Å². The van der Waals surface area contributed by atoms with Gasteiger partial charge in [0.25, 0.3) is 17.9 Å². The zero-order valence-corrected chi connectivity index (χ0v) is 21.1. The molecule has 3 N–H and O–H groups in total. The Balaban J connectivity index is 0. The van der Waals surface area contributed by atoms with E-state index in [-0.39, 0.29) is 0 Å². The summed E-state index contributed by atoms with van der Waals surface area (Å²) in [5.74, 6) is -2.50. The van der Waals surface area contributed by atoms with E-state index in [2.05, 4.69) is 34.1 Å². The standard InChI is InChI=1S/C12H7BrCl.3C2H4O2.Pb/c13-11-5-1-9(2-6-11)10-3-7-12(14)8-4-10;3*1-2(3)4;/h1-5,7-8H;3*1H3,(H,3,4);. The molecule has 0 aliphatic heterocycles. The molecule has 0 aliphatic rings. The molecule has 0 spiro atoms. The van der Waals surface area contributed by atoms with Gasteiger partial charge in [-0.25, -0.2) is 0 Å². The van der Waals surface area contributed by atoms with E-state index in [0.29, 0.717) is 0 Å². The first-order valence-electron chi connectivity index (χ1n) is 7.22. The molecule has 0 aromatic heterocycles. The Morgan fingerprint density at radius 1 is 0.815 bits per heavy atom. The van der Waals surface area contributed by atoms with Gasteiger partial charge in [0, 0.05) is 20.8 Å². The van der Waals surface area contributed by atoms with Crippen molar-refractivity contribution in [3.05, 3.63) is 52.0 Å². The minimum absolute atomic E-state index is 0.780. The molecule has 0 saturated heterocycles.